The van der Waals surface area contributed by atoms with Gasteiger partial charge in [0.25, 0.3) is 0 Å². The van der Waals surface area contributed by atoms with Crippen molar-refractivity contribution >= 4 is 39.8 Å². The molecule has 0 amide bonds. The van der Waals surface area contributed by atoms with Gasteiger partial charge in [-0.25, -0.2) is 4.85 Å². The predicted molar refractivity (Wildman–Crippen MR) is 191 cm³/mol. The Morgan fingerprint density at radius 2 is 0.848 bits per heavy atom. The normalized spacial score (nSPS) is 10.6. The van der Waals surface area contributed by atoms with Crippen LogP contribution in [0.2, 0.25) is 0 Å². The minimum atomic E-state index is 0.487. The number of rotatable bonds is 7. The molecule has 0 saturated carbocycles. The van der Waals surface area contributed by atoms with Crippen LogP contribution in [0.5, 0.6) is 0 Å². The van der Waals surface area contributed by atoms with E-state index in [0.717, 1.165) is 67.5 Å². The SMILES string of the molecule is [C-]#[N+]c1cc(N(c2cccc(C)c2)c2cccc(C)c2)ccc1-c1ccc(N(c2cccc(C)c2)c2cccc(C)c2)cc1C#N. The van der Waals surface area contributed by atoms with E-state index in [2.05, 4.69) is 133 Å². The minimum Gasteiger partial charge on any atom is -0.312 e. The number of aryl methyl sites for hydroxylation is 4. The van der Waals surface area contributed by atoms with Crippen LogP contribution in [-0.4, -0.2) is 0 Å². The van der Waals surface area contributed by atoms with Gasteiger partial charge in [0.1, 0.15) is 0 Å². The van der Waals surface area contributed by atoms with Crippen LogP contribution in [-0.2, 0) is 0 Å². The zero-order valence-electron chi connectivity index (χ0n) is 26.5. The highest BCUT2D eigenvalue weighted by molar-refractivity contribution is 5.89. The molecule has 0 fully saturated rings. The van der Waals surface area contributed by atoms with E-state index < -0.39 is 0 Å². The molecule has 0 heterocycles. The van der Waals surface area contributed by atoms with Crippen molar-refractivity contribution in [3.63, 3.8) is 0 Å². The van der Waals surface area contributed by atoms with E-state index >= 15 is 0 Å². The van der Waals surface area contributed by atoms with Crippen LogP contribution in [0.4, 0.5) is 39.8 Å². The lowest BCUT2D eigenvalue weighted by Crippen LogP contribution is -2.11. The molecule has 6 rings (SSSR count). The zero-order chi connectivity index (χ0) is 32.2. The van der Waals surface area contributed by atoms with Crippen LogP contribution >= 0.6 is 0 Å². The van der Waals surface area contributed by atoms with Gasteiger partial charge in [-0.2, -0.15) is 5.26 Å². The lowest BCUT2D eigenvalue weighted by atomic mass is 9.97. The highest BCUT2D eigenvalue weighted by Gasteiger charge is 2.19. The van der Waals surface area contributed by atoms with Gasteiger partial charge in [0.2, 0.25) is 0 Å². The Labute approximate surface area is 271 Å². The number of nitriles is 1. The first-order valence-corrected chi connectivity index (χ1v) is 15.3. The number of nitrogens with zero attached hydrogens (tertiary/aromatic N) is 4. The van der Waals surface area contributed by atoms with Crippen LogP contribution < -0.4 is 9.80 Å². The van der Waals surface area contributed by atoms with Crippen molar-refractivity contribution in [3.8, 4) is 17.2 Å². The molecule has 0 aliphatic heterocycles. The summed E-state index contributed by atoms with van der Waals surface area (Å²) in [5.74, 6) is 0. The summed E-state index contributed by atoms with van der Waals surface area (Å²) in [6.07, 6.45) is 0. The summed E-state index contributed by atoms with van der Waals surface area (Å²) in [5, 5.41) is 10.4. The Morgan fingerprint density at radius 3 is 1.22 bits per heavy atom. The number of anilines is 6. The van der Waals surface area contributed by atoms with Crippen LogP contribution in [0.1, 0.15) is 27.8 Å². The van der Waals surface area contributed by atoms with E-state index in [9.17, 15) is 5.26 Å². The summed E-state index contributed by atoms with van der Waals surface area (Å²) in [7, 11) is 0. The van der Waals surface area contributed by atoms with Crippen molar-refractivity contribution in [1.29, 1.82) is 5.26 Å². The maximum absolute atomic E-state index is 10.4. The highest BCUT2D eigenvalue weighted by Crippen LogP contribution is 2.43. The monoisotopic (exact) mass is 594 g/mol. The third-order valence-electron chi connectivity index (χ3n) is 8.07. The van der Waals surface area contributed by atoms with E-state index in [1.807, 2.05) is 48.5 Å². The number of hydrogen-bond acceptors (Lipinski definition) is 3. The molecule has 0 N–H and O–H groups in total. The second kappa shape index (κ2) is 12.9. The van der Waals surface area contributed by atoms with Crippen molar-refractivity contribution < 1.29 is 0 Å². The maximum Gasteiger partial charge on any atom is 0.197 e. The first-order valence-electron chi connectivity index (χ1n) is 15.3. The largest absolute Gasteiger partial charge is 0.312 e. The topological polar surface area (TPSA) is 34.6 Å². The molecule has 0 aliphatic rings. The van der Waals surface area contributed by atoms with E-state index in [1.54, 1.807) is 0 Å². The average Bonchev–Trinajstić information content (AvgIpc) is 3.05. The standard InChI is InChI=1S/C42H34N4/c1-29-10-6-14-34(22-29)45(35-15-7-11-30(2)23-35)38-18-20-40(33(26-38)28-43)41-21-19-39(27-42(41)44-5)46(36-16-8-12-31(3)24-36)37-17-9-13-32(4)25-37/h6-27H,1-4H3. The van der Waals surface area contributed by atoms with Crippen molar-refractivity contribution in [2.24, 2.45) is 0 Å². The van der Waals surface area contributed by atoms with E-state index in [4.69, 9.17) is 6.57 Å². The maximum atomic E-state index is 10.4. The molecule has 4 heteroatoms. The summed E-state index contributed by atoms with van der Waals surface area (Å²) in [4.78, 5) is 8.31. The zero-order valence-corrected chi connectivity index (χ0v) is 26.5. The third-order valence-corrected chi connectivity index (χ3v) is 8.07. The molecule has 0 aliphatic carbocycles. The molecular weight excluding hydrogens is 560 g/mol. The van der Waals surface area contributed by atoms with Crippen molar-refractivity contribution in [2.45, 2.75) is 27.7 Å². The van der Waals surface area contributed by atoms with Crippen molar-refractivity contribution in [3.05, 3.63) is 173 Å². The summed E-state index contributed by atoms with van der Waals surface area (Å²) in [6, 6.07) is 47.7. The van der Waals surface area contributed by atoms with Gasteiger partial charge in [0.15, 0.2) is 5.69 Å². The first-order chi connectivity index (χ1) is 22.3. The fraction of sp³-hybridized carbons (Fsp3) is 0.0952. The van der Waals surface area contributed by atoms with Gasteiger partial charge >= 0.3 is 0 Å². The van der Waals surface area contributed by atoms with Gasteiger partial charge in [-0.3, -0.25) is 0 Å². The van der Waals surface area contributed by atoms with Crippen LogP contribution in [0.15, 0.2) is 133 Å². The molecule has 0 aromatic heterocycles. The third kappa shape index (κ3) is 6.11. The summed E-state index contributed by atoms with van der Waals surface area (Å²) in [6.45, 7) is 16.5. The van der Waals surface area contributed by atoms with E-state index in [1.165, 1.54) is 0 Å². The molecule has 46 heavy (non-hydrogen) atoms. The molecule has 6 aromatic carbocycles. The van der Waals surface area contributed by atoms with E-state index in [0.29, 0.717) is 11.3 Å². The Bertz CT molecular complexity index is 1900. The van der Waals surface area contributed by atoms with Crippen LogP contribution in [0.25, 0.3) is 16.0 Å². The minimum absolute atomic E-state index is 0.487. The van der Waals surface area contributed by atoms with Crippen LogP contribution in [0.3, 0.4) is 0 Å². The highest BCUT2D eigenvalue weighted by atomic mass is 15.1. The first kappa shape index (κ1) is 29.9. The van der Waals surface area contributed by atoms with Gasteiger partial charge in [-0.05, 0) is 134 Å². The summed E-state index contributed by atoms with van der Waals surface area (Å²) in [5.41, 5.74) is 12.9. The summed E-state index contributed by atoms with van der Waals surface area (Å²) < 4.78 is 0. The Balaban J connectivity index is 1.46. The Morgan fingerprint density at radius 1 is 0.478 bits per heavy atom. The molecule has 6 aromatic rings. The smallest absolute Gasteiger partial charge is 0.197 e. The molecule has 0 spiro atoms. The molecule has 0 radical (unpaired) electrons. The van der Waals surface area contributed by atoms with Crippen molar-refractivity contribution in [2.75, 3.05) is 9.80 Å². The molecular formula is C42H34N4. The Kier molecular flexibility index (Phi) is 8.38. The van der Waals surface area contributed by atoms with Crippen LogP contribution in [0, 0.1) is 45.6 Å². The fourth-order valence-corrected chi connectivity index (χ4v) is 5.94. The van der Waals surface area contributed by atoms with Crippen molar-refractivity contribution in [1.82, 2.24) is 0 Å². The van der Waals surface area contributed by atoms with Gasteiger partial charge in [0.05, 0.1) is 18.2 Å². The molecule has 0 unspecified atom stereocenters. The fourth-order valence-electron chi connectivity index (χ4n) is 5.94. The van der Waals surface area contributed by atoms with Gasteiger partial charge in [0, 0.05) is 34.1 Å². The lowest BCUT2D eigenvalue weighted by Gasteiger charge is -2.27. The van der Waals surface area contributed by atoms with E-state index in [-0.39, 0.29) is 0 Å². The lowest BCUT2D eigenvalue weighted by molar-refractivity contribution is 1.25. The predicted octanol–water partition coefficient (Wildman–Crippen LogP) is 11.9. The summed E-state index contributed by atoms with van der Waals surface area (Å²) >= 11 is 0. The quantitative estimate of drug-likeness (QED) is 0.172. The van der Waals surface area contributed by atoms with Gasteiger partial charge in [-0.15, -0.1) is 0 Å². The second-order valence-corrected chi connectivity index (χ2v) is 11.7. The average molecular weight is 595 g/mol. The molecule has 0 bridgehead atoms. The second-order valence-electron chi connectivity index (χ2n) is 11.7. The molecule has 4 nitrogen and oxygen atoms in total. The molecule has 222 valence electrons. The van der Waals surface area contributed by atoms with Gasteiger partial charge in [-0.1, -0.05) is 60.7 Å². The number of hydrogen-bond donors (Lipinski definition) is 0. The number of benzene rings is 6. The van der Waals surface area contributed by atoms with Gasteiger partial charge < -0.3 is 9.80 Å². The molecule has 0 saturated heterocycles. The molecule has 0 atom stereocenters. The Hall–Kier alpha value is -6.10.